The van der Waals surface area contributed by atoms with Crippen LogP contribution >= 0.6 is 11.8 Å². The van der Waals surface area contributed by atoms with Crippen molar-refractivity contribution in [3.8, 4) is 5.75 Å². The molecule has 2 amide bonds. The molecule has 4 saturated carbocycles. The zero-order valence-electron chi connectivity index (χ0n) is 16.0. The van der Waals surface area contributed by atoms with Gasteiger partial charge in [0.25, 0.3) is 0 Å². The van der Waals surface area contributed by atoms with E-state index in [0.717, 1.165) is 17.8 Å². The SMILES string of the molecule is COc1ccc(NC(C)=O)cc1NC(=O)CSC12CC3CC(CC(C3)C1)C2. The summed E-state index contributed by atoms with van der Waals surface area (Å²) in [4.78, 5) is 23.9. The third-order valence-electron chi connectivity index (χ3n) is 6.29. The van der Waals surface area contributed by atoms with Gasteiger partial charge in [0.15, 0.2) is 0 Å². The molecule has 27 heavy (non-hydrogen) atoms. The Morgan fingerprint density at radius 3 is 2.30 bits per heavy atom. The molecule has 1 aromatic carbocycles. The lowest BCUT2D eigenvalue weighted by atomic mass is 9.56. The van der Waals surface area contributed by atoms with Gasteiger partial charge in [0.1, 0.15) is 5.75 Å². The third-order valence-corrected chi connectivity index (χ3v) is 7.80. The van der Waals surface area contributed by atoms with E-state index in [2.05, 4.69) is 10.6 Å². The molecule has 1 aromatic rings. The summed E-state index contributed by atoms with van der Waals surface area (Å²) in [5.74, 6) is 3.59. The number of ether oxygens (including phenoxy) is 1. The summed E-state index contributed by atoms with van der Waals surface area (Å²) in [6.45, 7) is 1.46. The minimum Gasteiger partial charge on any atom is -0.495 e. The molecular weight excluding hydrogens is 360 g/mol. The molecule has 0 radical (unpaired) electrons. The van der Waals surface area contributed by atoms with Crippen LogP contribution in [0.3, 0.4) is 0 Å². The number of methoxy groups -OCH3 is 1. The van der Waals surface area contributed by atoms with Gasteiger partial charge >= 0.3 is 0 Å². The maximum absolute atomic E-state index is 12.6. The van der Waals surface area contributed by atoms with E-state index in [1.54, 1.807) is 25.3 Å². The molecule has 5 nitrogen and oxygen atoms in total. The number of carbonyl (C=O) groups excluding carboxylic acids is 2. The van der Waals surface area contributed by atoms with E-state index in [9.17, 15) is 9.59 Å². The van der Waals surface area contributed by atoms with Crippen molar-refractivity contribution in [1.82, 2.24) is 0 Å². The van der Waals surface area contributed by atoms with Crippen LogP contribution in [0.1, 0.15) is 45.4 Å². The average molecular weight is 389 g/mol. The van der Waals surface area contributed by atoms with Crippen molar-refractivity contribution < 1.29 is 14.3 Å². The van der Waals surface area contributed by atoms with E-state index < -0.39 is 0 Å². The second-order valence-corrected chi connectivity index (χ2v) is 9.98. The minimum absolute atomic E-state index is 0.00554. The zero-order chi connectivity index (χ0) is 19.0. The van der Waals surface area contributed by atoms with Crippen LogP contribution in [0.4, 0.5) is 11.4 Å². The average Bonchev–Trinajstić information content (AvgIpc) is 2.59. The zero-order valence-corrected chi connectivity index (χ0v) is 16.9. The second-order valence-electron chi connectivity index (χ2n) is 8.53. The Morgan fingerprint density at radius 1 is 1.11 bits per heavy atom. The largest absolute Gasteiger partial charge is 0.495 e. The fourth-order valence-corrected chi connectivity index (χ4v) is 7.27. The van der Waals surface area contributed by atoms with Gasteiger partial charge in [-0.05, 0) is 74.5 Å². The van der Waals surface area contributed by atoms with Crippen LogP contribution in [-0.2, 0) is 9.59 Å². The number of rotatable bonds is 6. The predicted octanol–water partition coefficient (Wildman–Crippen LogP) is 4.29. The summed E-state index contributed by atoms with van der Waals surface area (Å²) < 4.78 is 5.68. The fraction of sp³-hybridized carbons (Fsp3) is 0.619. The molecule has 6 heteroatoms. The van der Waals surface area contributed by atoms with Gasteiger partial charge in [-0.1, -0.05) is 0 Å². The fourth-order valence-electron chi connectivity index (χ4n) is 5.70. The Balaban J connectivity index is 1.39. The summed E-state index contributed by atoms with van der Waals surface area (Å²) in [7, 11) is 1.58. The molecule has 4 aliphatic carbocycles. The molecule has 0 spiro atoms. The van der Waals surface area contributed by atoms with Crippen LogP contribution in [0.25, 0.3) is 0 Å². The van der Waals surface area contributed by atoms with Crippen LogP contribution < -0.4 is 15.4 Å². The van der Waals surface area contributed by atoms with Gasteiger partial charge in [-0.2, -0.15) is 0 Å². The van der Waals surface area contributed by atoms with Gasteiger partial charge in [-0.15, -0.1) is 11.8 Å². The monoisotopic (exact) mass is 388 g/mol. The number of anilines is 2. The molecule has 0 heterocycles. The maximum atomic E-state index is 12.6. The molecule has 146 valence electrons. The lowest BCUT2D eigenvalue weighted by Crippen LogP contribution is -2.49. The van der Waals surface area contributed by atoms with Gasteiger partial charge in [0.2, 0.25) is 11.8 Å². The quantitative estimate of drug-likeness (QED) is 0.763. The number of thioether (sulfide) groups is 1. The molecule has 0 saturated heterocycles. The molecular formula is C21H28N2O3S. The first-order chi connectivity index (χ1) is 12.9. The molecule has 2 N–H and O–H groups in total. The van der Waals surface area contributed by atoms with E-state index in [1.807, 2.05) is 11.8 Å². The van der Waals surface area contributed by atoms with E-state index in [4.69, 9.17) is 4.74 Å². The third kappa shape index (κ3) is 4.10. The van der Waals surface area contributed by atoms with E-state index in [1.165, 1.54) is 45.4 Å². The van der Waals surface area contributed by atoms with Crippen molar-refractivity contribution in [1.29, 1.82) is 0 Å². The van der Waals surface area contributed by atoms with Crippen molar-refractivity contribution in [2.24, 2.45) is 17.8 Å². The lowest BCUT2D eigenvalue weighted by molar-refractivity contribution is -0.114. The standard InChI is InChI=1S/C21H28N2O3S/c1-13(24)22-17-3-4-19(26-2)18(8-17)23-20(25)12-27-21-9-14-5-15(10-21)7-16(6-14)11-21/h3-4,8,14-16H,5-7,9-12H2,1-2H3,(H,22,24)(H,23,25). The molecule has 0 aromatic heterocycles. The molecule has 0 unspecified atom stereocenters. The Morgan fingerprint density at radius 2 is 1.74 bits per heavy atom. The van der Waals surface area contributed by atoms with E-state index >= 15 is 0 Å². The molecule has 4 bridgehead atoms. The molecule has 4 aliphatic rings. The summed E-state index contributed by atoms with van der Waals surface area (Å²) in [6.07, 6.45) is 8.12. The Hall–Kier alpha value is -1.69. The van der Waals surface area contributed by atoms with Crippen molar-refractivity contribution in [3.05, 3.63) is 18.2 Å². The highest BCUT2D eigenvalue weighted by molar-refractivity contribution is 8.01. The predicted molar refractivity (Wildman–Crippen MR) is 109 cm³/mol. The number of carbonyl (C=O) groups is 2. The van der Waals surface area contributed by atoms with Crippen LogP contribution in [-0.4, -0.2) is 29.4 Å². The number of hydrogen-bond donors (Lipinski definition) is 2. The number of amides is 2. The first kappa shape index (κ1) is 18.7. The Kier molecular flexibility index (Phi) is 5.10. The van der Waals surface area contributed by atoms with Gasteiger partial charge < -0.3 is 15.4 Å². The maximum Gasteiger partial charge on any atom is 0.234 e. The van der Waals surface area contributed by atoms with Gasteiger partial charge in [-0.3, -0.25) is 9.59 Å². The van der Waals surface area contributed by atoms with Crippen molar-refractivity contribution in [2.45, 2.75) is 50.2 Å². The Bertz CT molecular complexity index is 714. The van der Waals surface area contributed by atoms with Crippen molar-refractivity contribution >= 4 is 35.0 Å². The van der Waals surface area contributed by atoms with Gasteiger partial charge in [0.05, 0.1) is 18.6 Å². The first-order valence-electron chi connectivity index (χ1n) is 9.84. The van der Waals surface area contributed by atoms with Crippen LogP contribution in [0, 0.1) is 17.8 Å². The highest BCUT2D eigenvalue weighted by Gasteiger charge is 2.51. The first-order valence-corrected chi connectivity index (χ1v) is 10.8. The van der Waals surface area contributed by atoms with Crippen LogP contribution in [0.2, 0.25) is 0 Å². The highest BCUT2D eigenvalue weighted by atomic mass is 32.2. The molecule has 0 atom stereocenters. The van der Waals surface area contributed by atoms with Crippen molar-refractivity contribution in [3.63, 3.8) is 0 Å². The summed E-state index contributed by atoms with van der Waals surface area (Å²) >= 11 is 1.87. The smallest absolute Gasteiger partial charge is 0.234 e. The molecule has 5 rings (SSSR count). The normalized spacial score (nSPS) is 30.8. The second kappa shape index (κ2) is 7.38. The van der Waals surface area contributed by atoms with E-state index in [-0.39, 0.29) is 11.8 Å². The Labute approximate surface area is 165 Å². The summed E-state index contributed by atoms with van der Waals surface area (Å²) in [6, 6.07) is 5.26. The number of nitrogens with one attached hydrogen (secondary N) is 2. The van der Waals surface area contributed by atoms with Crippen LogP contribution in [0.15, 0.2) is 18.2 Å². The molecule has 0 aliphatic heterocycles. The highest BCUT2D eigenvalue weighted by Crippen LogP contribution is 2.60. The van der Waals surface area contributed by atoms with Gasteiger partial charge in [0, 0.05) is 17.4 Å². The summed E-state index contributed by atoms with van der Waals surface area (Å²) in [5, 5.41) is 5.71. The lowest BCUT2D eigenvalue weighted by Gasteiger charge is -2.56. The summed E-state index contributed by atoms with van der Waals surface area (Å²) in [5.41, 5.74) is 1.24. The van der Waals surface area contributed by atoms with Gasteiger partial charge in [-0.25, -0.2) is 0 Å². The van der Waals surface area contributed by atoms with Crippen molar-refractivity contribution in [2.75, 3.05) is 23.5 Å². The number of benzene rings is 1. The van der Waals surface area contributed by atoms with Crippen LogP contribution in [0.5, 0.6) is 5.75 Å². The topological polar surface area (TPSA) is 67.4 Å². The molecule has 4 fully saturated rings. The van der Waals surface area contributed by atoms with E-state index in [0.29, 0.717) is 27.6 Å². The minimum atomic E-state index is -0.144. The number of hydrogen-bond acceptors (Lipinski definition) is 4.